The van der Waals surface area contributed by atoms with Crippen LogP contribution in [0.3, 0.4) is 0 Å². The summed E-state index contributed by atoms with van der Waals surface area (Å²) < 4.78 is 36.6. The second-order valence-corrected chi connectivity index (χ2v) is 5.98. The fraction of sp³-hybridized carbons (Fsp3) is 0.455. The maximum atomic E-state index is 13.4. The average Bonchev–Trinajstić information content (AvgIpc) is 2.19. The molecule has 0 amide bonds. The number of sulfone groups is 1. The van der Waals surface area contributed by atoms with Gasteiger partial charge in [-0.25, -0.2) is 12.8 Å². The Balaban J connectivity index is 2.80. The van der Waals surface area contributed by atoms with E-state index >= 15 is 0 Å². The Bertz CT molecular complexity index is 457. The van der Waals surface area contributed by atoms with E-state index < -0.39 is 15.7 Å². The van der Waals surface area contributed by atoms with Crippen LogP contribution in [0.1, 0.15) is 25.3 Å². The lowest BCUT2D eigenvalue weighted by molar-refractivity contribution is 0.584. The summed E-state index contributed by atoms with van der Waals surface area (Å²) in [5.41, 5.74) is 5.87. The zero-order chi connectivity index (χ0) is 12.2. The molecule has 0 aromatic heterocycles. The molecule has 5 heteroatoms. The van der Waals surface area contributed by atoms with Gasteiger partial charge in [0.1, 0.15) is 5.82 Å². The highest BCUT2D eigenvalue weighted by Gasteiger charge is 2.14. The topological polar surface area (TPSA) is 60.2 Å². The fourth-order valence-electron chi connectivity index (χ4n) is 1.35. The van der Waals surface area contributed by atoms with Gasteiger partial charge in [-0.3, -0.25) is 0 Å². The molecule has 1 rings (SSSR count). The van der Waals surface area contributed by atoms with E-state index in [1.165, 1.54) is 12.1 Å². The van der Waals surface area contributed by atoms with Gasteiger partial charge in [0, 0.05) is 11.3 Å². The molecule has 0 heterocycles. The quantitative estimate of drug-likeness (QED) is 0.808. The minimum atomic E-state index is -3.21. The molecule has 3 nitrogen and oxygen atoms in total. The Kier molecular flexibility index (Phi) is 4.29. The molecule has 0 bridgehead atoms. The lowest BCUT2D eigenvalue weighted by Crippen LogP contribution is -2.10. The van der Waals surface area contributed by atoms with Crippen molar-refractivity contribution < 1.29 is 12.8 Å². The first kappa shape index (κ1) is 13.0. The summed E-state index contributed by atoms with van der Waals surface area (Å²) in [5.74, 6) is -0.702. The minimum Gasteiger partial charge on any atom is -0.399 e. The standard InChI is InChI=1S/C11H16FNO2S/c1-2-3-6-16(14,15)8-9-4-5-10(13)7-11(9)12/h4-5,7H,2-3,6,8,13H2,1H3. The van der Waals surface area contributed by atoms with Gasteiger partial charge in [0.2, 0.25) is 0 Å². The van der Waals surface area contributed by atoms with Crippen molar-refractivity contribution in [3.63, 3.8) is 0 Å². The molecule has 0 aliphatic rings. The van der Waals surface area contributed by atoms with Crippen LogP contribution in [0.25, 0.3) is 0 Å². The average molecular weight is 245 g/mol. The SMILES string of the molecule is CCCCS(=O)(=O)Cc1ccc(N)cc1F. The number of hydrogen-bond donors (Lipinski definition) is 1. The summed E-state index contributed by atoms with van der Waals surface area (Å²) in [5, 5.41) is 0. The monoisotopic (exact) mass is 245 g/mol. The van der Waals surface area contributed by atoms with Crippen molar-refractivity contribution in [2.45, 2.75) is 25.5 Å². The van der Waals surface area contributed by atoms with Gasteiger partial charge < -0.3 is 5.73 Å². The lowest BCUT2D eigenvalue weighted by Gasteiger charge is -2.05. The largest absolute Gasteiger partial charge is 0.399 e. The first-order valence-electron chi connectivity index (χ1n) is 5.19. The van der Waals surface area contributed by atoms with Crippen LogP contribution in [0.15, 0.2) is 18.2 Å². The molecule has 0 saturated carbocycles. The third-order valence-corrected chi connectivity index (χ3v) is 3.92. The fourth-order valence-corrected chi connectivity index (χ4v) is 2.93. The number of nitrogens with two attached hydrogens (primary N) is 1. The first-order chi connectivity index (χ1) is 7.44. The lowest BCUT2D eigenvalue weighted by atomic mass is 10.2. The highest BCUT2D eigenvalue weighted by Crippen LogP contribution is 2.15. The van der Waals surface area contributed by atoms with E-state index in [1.54, 1.807) is 0 Å². The zero-order valence-corrected chi connectivity index (χ0v) is 10.1. The third kappa shape index (κ3) is 3.81. The molecule has 16 heavy (non-hydrogen) atoms. The molecule has 0 fully saturated rings. The first-order valence-corrected chi connectivity index (χ1v) is 7.01. The van der Waals surface area contributed by atoms with Crippen LogP contribution in [0, 0.1) is 5.82 Å². The van der Waals surface area contributed by atoms with E-state index in [0.717, 1.165) is 12.5 Å². The van der Waals surface area contributed by atoms with Crippen LogP contribution in [-0.4, -0.2) is 14.2 Å². The summed E-state index contributed by atoms with van der Waals surface area (Å²) in [4.78, 5) is 0. The molecule has 2 N–H and O–H groups in total. The summed E-state index contributed by atoms with van der Waals surface area (Å²) in [6, 6.07) is 4.08. The number of halogens is 1. The van der Waals surface area contributed by atoms with E-state index in [2.05, 4.69) is 0 Å². The number of benzene rings is 1. The molecular weight excluding hydrogens is 229 g/mol. The van der Waals surface area contributed by atoms with E-state index in [9.17, 15) is 12.8 Å². The van der Waals surface area contributed by atoms with E-state index in [4.69, 9.17) is 5.73 Å². The third-order valence-electron chi connectivity index (χ3n) is 2.26. The molecule has 0 atom stereocenters. The predicted molar refractivity (Wildman–Crippen MR) is 63.2 cm³/mol. The molecule has 0 aliphatic heterocycles. The Morgan fingerprint density at radius 3 is 2.62 bits per heavy atom. The summed E-state index contributed by atoms with van der Waals surface area (Å²) in [6.07, 6.45) is 1.42. The van der Waals surface area contributed by atoms with Crippen LogP contribution >= 0.6 is 0 Å². The second kappa shape index (κ2) is 5.30. The molecule has 90 valence electrons. The highest BCUT2D eigenvalue weighted by molar-refractivity contribution is 7.90. The normalized spacial score (nSPS) is 11.6. The molecule has 1 aromatic rings. The van der Waals surface area contributed by atoms with Gasteiger partial charge in [-0.15, -0.1) is 0 Å². The minimum absolute atomic E-state index is 0.104. The van der Waals surface area contributed by atoms with Crippen molar-refractivity contribution in [1.82, 2.24) is 0 Å². The predicted octanol–water partition coefficient (Wildman–Crippen LogP) is 2.12. The summed E-state index contributed by atoms with van der Waals surface area (Å²) >= 11 is 0. The molecule has 0 aliphatic carbocycles. The molecule has 0 unspecified atom stereocenters. The van der Waals surface area contributed by atoms with Crippen molar-refractivity contribution in [3.8, 4) is 0 Å². The van der Waals surface area contributed by atoms with Crippen LogP contribution in [-0.2, 0) is 15.6 Å². The smallest absolute Gasteiger partial charge is 0.154 e. The second-order valence-electron chi connectivity index (χ2n) is 3.80. The van der Waals surface area contributed by atoms with Gasteiger partial charge in [0.05, 0.1) is 11.5 Å². The van der Waals surface area contributed by atoms with Gasteiger partial charge in [-0.1, -0.05) is 19.4 Å². The van der Waals surface area contributed by atoms with E-state index in [1.807, 2.05) is 6.92 Å². The van der Waals surface area contributed by atoms with Crippen molar-refractivity contribution in [3.05, 3.63) is 29.6 Å². The van der Waals surface area contributed by atoms with Crippen molar-refractivity contribution >= 4 is 15.5 Å². The summed E-state index contributed by atoms with van der Waals surface area (Å²) in [7, 11) is -3.21. The van der Waals surface area contributed by atoms with Gasteiger partial charge in [0.25, 0.3) is 0 Å². The van der Waals surface area contributed by atoms with E-state index in [0.29, 0.717) is 12.1 Å². The number of hydrogen-bond acceptors (Lipinski definition) is 3. The van der Waals surface area contributed by atoms with Crippen molar-refractivity contribution in [2.24, 2.45) is 0 Å². The van der Waals surface area contributed by atoms with Crippen LogP contribution < -0.4 is 5.73 Å². The zero-order valence-electron chi connectivity index (χ0n) is 9.24. The molecule has 0 radical (unpaired) electrons. The highest BCUT2D eigenvalue weighted by atomic mass is 32.2. The maximum absolute atomic E-state index is 13.4. The number of nitrogen functional groups attached to an aromatic ring is 1. The van der Waals surface area contributed by atoms with Crippen LogP contribution in [0.2, 0.25) is 0 Å². The molecule has 0 spiro atoms. The van der Waals surface area contributed by atoms with Gasteiger partial charge in [-0.2, -0.15) is 0 Å². The molecule has 0 saturated heterocycles. The van der Waals surface area contributed by atoms with Crippen molar-refractivity contribution in [1.29, 1.82) is 0 Å². The Morgan fingerprint density at radius 1 is 1.38 bits per heavy atom. The summed E-state index contributed by atoms with van der Waals surface area (Å²) in [6.45, 7) is 1.92. The van der Waals surface area contributed by atoms with Crippen LogP contribution in [0.4, 0.5) is 10.1 Å². The number of rotatable bonds is 5. The Hall–Kier alpha value is -1.10. The van der Waals surface area contributed by atoms with Gasteiger partial charge in [0.15, 0.2) is 9.84 Å². The number of anilines is 1. The maximum Gasteiger partial charge on any atom is 0.154 e. The van der Waals surface area contributed by atoms with Crippen LogP contribution in [0.5, 0.6) is 0 Å². The van der Waals surface area contributed by atoms with E-state index in [-0.39, 0.29) is 17.1 Å². The Labute approximate surface area is 95.4 Å². The van der Waals surface area contributed by atoms with Crippen molar-refractivity contribution in [2.75, 3.05) is 11.5 Å². The van der Waals surface area contributed by atoms with Gasteiger partial charge >= 0.3 is 0 Å². The van der Waals surface area contributed by atoms with Gasteiger partial charge in [-0.05, 0) is 18.6 Å². The molecule has 1 aromatic carbocycles. The Morgan fingerprint density at radius 2 is 2.06 bits per heavy atom. The number of unbranched alkanes of at least 4 members (excludes halogenated alkanes) is 1. The molecular formula is C11H16FNO2S.